The normalized spacial score (nSPS) is 23.3. The smallest absolute Gasteiger partial charge is 0.246 e. The van der Waals surface area contributed by atoms with E-state index in [2.05, 4.69) is 48.3 Å². The van der Waals surface area contributed by atoms with Gasteiger partial charge in [0.15, 0.2) is 0 Å². The Morgan fingerprint density at radius 1 is 1.25 bits per heavy atom. The third-order valence-corrected chi connectivity index (χ3v) is 5.63. The molecule has 3 rings (SSSR count). The molecule has 2 heterocycles. The molecule has 0 radical (unpaired) electrons. The summed E-state index contributed by atoms with van der Waals surface area (Å²) in [6.07, 6.45) is 6.34. The van der Waals surface area contributed by atoms with E-state index in [1.54, 1.807) is 0 Å². The van der Waals surface area contributed by atoms with Gasteiger partial charge in [0.05, 0.1) is 11.6 Å². The molecule has 2 fully saturated rings. The minimum Gasteiger partial charge on any atom is -0.371 e. The second kappa shape index (κ2) is 7.56. The van der Waals surface area contributed by atoms with Crippen LogP contribution in [-0.2, 0) is 16.0 Å². The maximum atomic E-state index is 11.8. The number of nitrogens with zero attached hydrogens (tertiary/aromatic N) is 1. The van der Waals surface area contributed by atoms with Crippen molar-refractivity contribution in [2.24, 2.45) is 0 Å². The van der Waals surface area contributed by atoms with Gasteiger partial charge in [-0.2, -0.15) is 0 Å². The van der Waals surface area contributed by atoms with Crippen molar-refractivity contribution in [1.82, 2.24) is 5.32 Å². The summed E-state index contributed by atoms with van der Waals surface area (Å²) < 4.78 is 6.13. The Hall–Kier alpha value is -1.55. The zero-order valence-corrected chi connectivity index (χ0v) is 15.0. The Labute approximate surface area is 145 Å². The quantitative estimate of drug-likeness (QED) is 0.901. The number of morpholine rings is 1. The highest BCUT2D eigenvalue weighted by atomic mass is 16.5. The SMILES string of the molecule is CCCCC1NC(=O)COC12CCN(c1ccccc1CC)CC2. The van der Waals surface area contributed by atoms with Gasteiger partial charge in [-0.25, -0.2) is 0 Å². The highest BCUT2D eigenvalue weighted by molar-refractivity contribution is 5.78. The average Bonchev–Trinajstić information content (AvgIpc) is 2.63. The third-order valence-electron chi connectivity index (χ3n) is 5.63. The van der Waals surface area contributed by atoms with Crippen LogP contribution in [-0.4, -0.2) is 37.2 Å². The molecule has 2 aliphatic heterocycles. The second-order valence-corrected chi connectivity index (χ2v) is 7.09. The molecule has 0 aliphatic carbocycles. The molecule has 4 nitrogen and oxygen atoms in total. The topological polar surface area (TPSA) is 41.6 Å². The zero-order chi connectivity index (χ0) is 17.0. The average molecular weight is 330 g/mol. The number of rotatable bonds is 5. The predicted octanol–water partition coefficient (Wildman–Crippen LogP) is 3.29. The Balaban J connectivity index is 1.71. The van der Waals surface area contributed by atoms with Gasteiger partial charge in [0.1, 0.15) is 6.61 Å². The van der Waals surface area contributed by atoms with E-state index < -0.39 is 0 Å². The van der Waals surface area contributed by atoms with Crippen molar-refractivity contribution >= 4 is 11.6 Å². The first kappa shape index (κ1) is 17.3. The number of carbonyl (C=O) groups excluding carboxylic acids is 1. The molecule has 1 aromatic carbocycles. The molecule has 0 saturated carbocycles. The molecular formula is C20H30N2O2. The fraction of sp³-hybridized carbons (Fsp3) is 0.650. The lowest BCUT2D eigenvalue weighted by Crippen LogP contribution is -2.63. The number of aryl methyl sites for hydroxylation is 1. The number of hydrogen-bond acceptors (Lipinski definition) is 3. The highest BCUT2D eigenvalue weighted by Crippen LogP contribution is 2.36. The van der Waals surface area contributed by atoms with Gasteiger partial charge >= 0.3 is 0 Å². The molecule has 1 spiro atoms. The fourth-order valence-corrected chi connectivity index (χ4v) is 4.16. The summed E-state index contributed by atoms with van der Waals surface area (Å²) in [6, 6.07) is 8.87. The van der Waals surface area contributed by atoms with E-state index in [0.29, 0.717) is 0 Å². The Morgan fingerprint density at radius 3 is 2.71 bits per heavy atom. The maximum absolute atomic E-state index is 11.8. The number of unbranched alkanes of at least 4 members (excludes halogenated alkanes) is 1. The van der Waals surface area contributed by atoms with Gasteiger partial charge in [-0.05, 0) is 37.3 Å². The standard InChI is InChI=1S/C20H30N2O2/c1-3-5-10-18-20(24-15-19(23)21-18)11-13-22(14-12-20)17-9-7-6-8-16(17)4-2/h6-9,18H,3-5,10-15H2,1-2H3,(H,21,23). The molecule has 4 heteroatoms. The van der Waals surface area contributed by atoms with E-state index in [1.807, 2.05) is 0 Å². The second-order valence-electron chi connectivity index (χ2n) is 7.09. The number of ether oxygens (including phenoxy) is 1. The summed E-state index contributed by atoms with van der Waals surface area (Å²) in [7, 11) is 0. The van der Waals surface area contributed by atoms with E-state index in [9.17, 15) is 4.79 Å². The number of piperidine rings is 1. The van der Waals surface area contributed by atoms with E-state index in [1.165, 1.54) is 11.3 Å². The van der Waals surface area contributed by atoms with Gasteiger partial charge in [0.2, 0.25) is 5.91 Å². The minimum absolute atomic E-state index is 0.0421. The Kier molecular flexibility index (Phi) is 5.44. The lowest BCUT2D eigenvalue weighted by molar-refractivity contribution is -0.156. The lowest BCUT2D eigenvalue weighted by Gasteiger charge is -2.49. The largest absolute Gasteiger partial charge is 0.371 e. The highest BCUT2D eigenvalue weighted by Gasteiger charge is 2.46. The van der Waals surface area contributed by atoms with Crippen LogP contribution >= 0.6 is 0 Å². The molecule has 1 N–H and O–H groups in total. The fourth-order valence-electron chi connectivity index (χ4n) is 4.16. The van der Waals surface area contributed by atoms with Crippen molar-refractivity contribution in [3.05, 3.63) is 29.8 Å². The molecule has 1 unspecified atom stereocenters. The molecule has 1 aromatic rings. The van der Waals surface area contributed by atoms with Gasteiger partial charge in [0, 0.05) is 18.8 Å². The zero-order valence-electron chi connectivity index (χ0n) is 15.0. The van der Waals surface area contributed by atoms with Gasteiger partial charge < -0.3 is 15.0 Å². The monoisotopic (exact) mass is 330 g/mol. The number of amides is 1. The molecule has 2 saturated heterocycles. The van der Waals surface area contributed by atoms with E-state index in [4.69, 9.17) is 4.74 Å². The van der Waals surface area contributed by atoms with Crippen LogP contribution in [0.2, 0.25) is 0 Å². The summed E-state index contributed by atoms with van der Waals surface area (Å²) in [5.74, 6) is 0.0421. The van der Waals surface area contributed by atoms with Crippen LogP contribution in [0.25, 0.3) is 0 Å². The van der Waals surface area contributed by atoms with Crippen LogP contribution in [0.1, 0.15) is 51.5 Å². The van der Waals surface area contributed by atoms with Gasteiger partial charge in [-0.3, -0.25) is 4.79 Å². The van der Waals surface area contributed by atoms with Crippen LogP contribution in [0.15, 0.2) is 24.3 Å². The van der Waals surface area contributed by atoms with Crippen LogP contribution in [0, 0.1) is 0 Å². The van der Waals surface area contributed by atoms with Crippen molar-refractivity contribution in [3.8, 4) is 0 Å². The van der Waals surface area contributed by atoms with Crippen LogP contribution in [0.4, 0.5) is 5.69 Å². The number of carbonyl (C=O) groups is 1. The number of nitrogens with one attached hydrogen (secondary N) is 1. The van der Waals surface area contributed by atoms with Gasteiger partial charge in [-0.15, -0.1) is 0 Å². The molecular weight excluding hydrogens is 300 g/mol. The van der Waals surface area contributed by atoms with Crippen molar-refractivity contribution in [1.29, 1.82) is 0 Å². The number of hydrogen-bond donors (Lipinski definition) is 1. The minimum atomic E-state index is -0.166. The van der Waals surface area contributed by atoms with Crippen LogP contribution < -0.4 is 10.2 Å². The summed E-state index contributed by atoms with van der Waals surface area (Å²) in [5, 5.41) is 3.21. The molecule has 2 aliphatic rings. The first-order valence-electron chi connectivity index (χ1n) is 9.44. The third kappa shape index (κ3) is 3.44. The van der Waals surface area contributed by atoms with Crippen molar-refractivity contribution in [2.75, 3.05) is 24.6 Å². The molecule has 1 amide bonds. The number of anilines is 1. The first-order valence-corrected chi connectivity index (χ1v) is 9.44. The summed E-state index contributed by atoms with van der Waals surface area (Å²) in [6.45, 7) is 6.62. The summed E-state index contributed by atoms with van der Waals surface area (Å²) in [4.78, 5) is 14.3. The van der Waals surface area contributed by atoms with Crippen molar-refractivity contribution < 1.29 is 9.53 Å². The van der Waals surface area contributed by atoms with E-state index in [0.717, 1.165) is 51.6 Å². The number of para-hydroxylation sites is 1. The van der Waals surface area contributed by atoms with Gasteiger partial charge in [0.25, 0.3) is 0 Å². The molecule has 132 valence electrons. The van der Waals surface area contributed by atoms with Crippen LogP contribution in [0.3, 0.4) is 0 Å². The van der Waals surface area contributed by atoms with E-state index in [-0.39, 0.29) is 24.2 Å². The molecule has 0 bridgehead atoms. The Bertz CT molecular complexity index is 565. The van der Waals surface area contributed by atoms with Gasteiger partial charge in [-0.1, -0.05) is 44.9 Å². The summed E-state index contributed by atoms with van der Waals surface area (Å²) in [5.41, 5.74) is 2.61. The van der Waals surface area contributed by atoms with Crippen molar-refractivity contribution in [2.45, 2.75) is 64.0 Å². The van der Waals surface area contributed by atoms with E-state index >= 15 is 0 Å². The summed E-state index contributed by atoms with van der Waals surface area (Å²) >= 11 is 0. The Morgan fingerprint density at radius 2 is 2.00 bits per heavy atom. The molecule has 0 aromatic heterocycles. The predicted molar refractivity (Wildman–Crippen MR) is 97.4 cm³/mol. The molecule has 1 atom stereocenters. The first-order chi connectivity index (χ1) is 11.7. The van der Waals surface area contributed by atoms with Crippen LogP contribution in [0.5, 0.6) is 0 Å². The molecule has 24 heavy (non-hydrogen) atoms. The number of benzene rings is 1. The van der Waals surface area contributed by atoms with Crippen molar-refractivity contribution in [3.63, 3.8) is 0 Å². The lowest BCUT2D eigenvalue weighted by atomic mass is 9.80. The maximum Gasteiger partial charge on any atom is 0.246 e.